The molecule has 4 heteroatoms. The van der Waals surface area contributed by atoms with E-state index in [1.54, 1.807) is 0 Å². The monoisotopic (exact) mass is 210 g/mol. The Hall–Kier alpha value is -0.870. The van der Waals surface area contributed by atoms with Gasteiger partial charge in [-0.1, -0.05) is 0 Å². The van der Waals surface area contributed by atoms with Gasteiger partial charge in [0, 0.05) is 30.5 Å². The van der Waals surface area contributed by atoms with Crippen LogP contribution in [0.15, 0.2) is 6.20 Å². The summed E-state index contributed by atoms with van der Waals surface area (Å²) >= 11 is 0. The van der Waals surface area contributed by atoms with E-state index in [2.05, 4.69) is 42.6 Å². The molecule has 0 spiro atoms. The van der Waals surface area contributed by atoms with Crippen molar-refractivity contribution in [3.05, 3.63) is 17.7 Å². The Bertz CT molecular complexity index is 283. The number of H-pyrrole nitrogens is 1. The van der Waals surface area contributed by atoms with Crippen molar-refractivity contribution in [1.82, 2.24) is 14.9 Å². The molecular formula is C11H22N4. The highest BCUT2D eigenvalue weighted by molar-refractivity contribution is 5.00. The molecule has 86 valence electrons. The molecule has 0 amide bonds. The van der Waals surface area contributed by atoms with Crippen LogP contribution in [-0.4, -0.2) is 27.0 Å². The summed E-state index contributed by atoms with van der Waals surface area (Å²) in [6.45, 7) is 10.2. The van der Waals surface area contributed by atoms with Crippen molar-refractivity contribution in [2.24, 2.45) is 5.73 Å². The Labute approximate surface area is 91.9 Å². The highest BCUT2D eigenvalue weighted by Gasteiger charge is 2.14. The van der Waals surface area contributed by atoms with Crippen LogP contribution in [-0.2, 0) is 13.1 Å². The molecule has 0 saturated carbocycles. The number of nitrogens with one attached hydrogen (secondary N) is 1. The van der Waals surface area contributed by atoms with Crippen LogP contribution < -0.4 is 5.73 Å². The van der Waals surface area contributed by atoms with Gasteiger partial charge in [0.2, 0.25) is 0 Å². The van der Waals surface area contributed by atoms with Crippen molar-refractivity contribution in [3.8, 4) is 0 Å². The average molecular weight is 210 g/mol. The van der Waals surface area contributed by atoms with Gasteiger partial charge in [0.1, 0.15) is 5.82 Å². The first kappa shape index (κ1) is 12.2. The third-order valence-corrected chi connectivity index (χ3v) is 2.56. The van der Waals surface area contributed by atoms with E-state index in [1.807, 2.05) is 6.20 Å². The third-order valence-electron chi connectivity index (χ3n) is 2.56. The number of aromatic nitrogens is 2. The second kappa shape index (κ2) is 5.28. The summed E-state index contributed by atoms with van der Waals surface area (Å²) in [5, 5.41) is 0. The van der Waals surface area contributed by atoms with E-state index in [4.69, 9.17) is 5.73 Å². The predicted octanol–water partition coefficient (Wildman–Crippen LogP) is 1.49. The lowest BCUT2D eigenvalue weighted by Crippen LogP contribution is -2.36. The molecule has 0 saturated heterocycles. The van der Waals surface area contributed by atoms with Crippen LogP contribution in [0.1, 0.15) is 39.2 Å². The largest absolute Gasteiger partial charge is 0.344 e. The molecular weight excluding hydrogens is 188 g/mol. The number of aromatic amines is 1. The van der Waals surface area contributed by atoms with Gasteiger partial charge in [-0.2, -0.15) is 0 Å². The molecule has 1 aromatic heterocycles. The van der Waals surface area contributed by atoms with Gasteiger partial charge in [-0.3, -0.25) is 4.90 Å². The van der Waals surface area contributed by atoms with Gasteiger partial charge in [-0.25, -0.2) is 4.98 Å². The molecule has 0 aromatic carbocycles. The summed E-state index contributed by atoms with van der Waals surface area (Å²) in [5.41, 5.74) is 6.53. The van der Waals surface area contributed by atoms with E-state index < -0.39 is 0 Å². The zero-order valence-corrected chi connectivity index (χ0v) is 10.1. The first-order valence-corrected chi connectivity index (χ1v) is 5.53. The molecule has 0 aliphatic carbocycles. The lowest BCUT2D eigenvalue weighted by Gasteiger charge is -2.29. The maximum absolute atomic E-state index is 5.53. The van der Waals surface area contributed by atoms with Gasteiger partial charge in [0.05, 0.1) is 6.54 Å². The molecule has 4 nitrogen and oxygen atoms in total. The normalized spacial score (nSPS) is 12.0. The number of hydrogen-bond acceptors (Lipinski definition) is 3. The van der Waals surface area contributed by atoms with E-state index in [9.17, 15) is 0 Å². The maximum atomic E-state index is 5.53. The molecule has 0 atom stereocenters. The topological polar surface area (TPSA) is 57.9 Å². The minimum Gasteiger partial charge on any atom is -0.344 e. The van der Waals surface area contributed by atoms with E-state index in [1.165, 1.54) is 0 Å². The summed E-state index contributed by atoms with van der Waals surface area (Å²) in [5.74, 6) is 0.998. The van der Waals surface area contributed by atoms with Crippen LogP contribution in [0, 0.1) is 0 Å². The van der Waals surface area contributed by atoms with Crippen LogP contribution >= 0.6 is 0 Å². The van der Waals surface area contributed by atoms with Gasteiger partial charge in [-0.15, -0.1) is 0 Å². The molecule has 3 N–H and O–H groups in total. The molecule has 0 fully saturated rings. The van der Waals surface area contributed by atoms with E-state index in [-0.39, 0.29) is 0 Å². The Morgan fingerprint density at radius 2 is 1.93 bits per heavy atom. The van der Waals surface area contributed by atoms with Gasteiger partial charge >= 0.3 is 0 Å². The Balaban J connectivity index is 2.65. The Morgan fingerprint density at radius 3 is 2.33 bits per heavy atom. The molecule has 0 aliphatic rings. The van der Waals surface area contributed by atoms with E-state index in [0.29, 0.717) is 18.6 Å². The van der Waals surface area contributed by atoms with Crippen molar-refractivity contribution in [2.75, 3.05) is 0 Å². The fourth-order valence-corrected chi connectivity index (χ4v) is 1.72. The number of nitrogens with two attached hydrogens (primary N) is 1. The zero-order valence-electron chi connectivity index (χ0n) is 10.1. The van der Waals surface area contributed by atoms with Crippen LogP contribution in [0.5, 0.6) is 0 Å². The van der Waals surface area contributed by atoms with Gasteiger partial charge < -0.3 is 10.7 Å². The minimum atomic E-state index is 0.524. The number of rotatable bonds is 5. The van der Waals surface area contributed by atoms with Gasteiger partial charge in [0.15, 0.2) is 0 Å². The first-order valence-electron chi connectivity index (χ1n) is 5.53. The summed E-state index contributed by atoms with van der Waals surface area (Å²) in [6, 6.07) is 1.05. The molecule has 0 bridgehead atoms. The molecule has 0 unspecified atom stereocenters. The average Bonchev–Trinajstić information content (AvgIpc) is 2.60. The second-order valence-electron chi connectivity index (χ2n) is 4.42. The summed E-state index contributed by atoms with van der Waals surface area (Å²) in [4.78, 5) is 9.93. The summed E-state index contributed by atoms with van der Waals surface area (Å²) in [6.07, 6.45) is 1.81. The van der Waals surface area contributed by atoms with Gasteiger partial charge in [-0.05, 0) is 27.7 Å². The van der Waals surface area contributed by atoms with Crippen molar-refractivity contribution in [2.45, 2.75) is 52.9 Å². The number of nitrogens with zero attached hydrogens (tertiary/aromatic N) is 2. The fraction of sp³-hybridized carbons (Fsp3) is 0.727. The lowest BCUT2D eigenvalue weighted by molar-refractivity contribution is 0.162. The molecule has 0 aliphatic heterocycles. The second-order valence-corrected chi connectivity index (χ2v) is 4.42. The number of imidazole rings is 1. The zero-order chi connectivity index (χ0) is 11.4. The SMILES string of the molecule is CC(C)N(Cc1ncc(CN)[nH]1)C(C)C. The number of hydrogen-bond donors (Lipinski definition) is 2. The van der Waals surface area contributed by atoms with E-state index >= 15 is 0 Å². The highest BCUT2D eigenvalue weighted by Crippen LogP contribution is 2.09. The maximum Gasteiger partial charge on any atom is 0.120 e. The highest BCUT2D eigenvalue weighted by atomic mass is 15.2. The van der Waals surface area contributed by atoms with E-state index in [0.717, 1.165) is 18.1 Å². The molecule has 1 heterocycles. The van der Waals surface area contributed by atoms with Crippen LogP contribution in [0.2, 0.25) is 0 Å². The van der Waals surface area contributed by atoms with Crippen molar-refractivity contribution in [3.63, 3.8) is 0 Å². The molecule has 0 radical (unpaired) electrons. The first-order chi connectivity index (χ1) is 7.04. The molecule has 1 rings (SSSR count). The van der Waals surface area contributed by atoms with Crippen molar-refractivity contribution < 1.29 is 0 Å². The third kappa shape index (κ3) is 3.32. The van der Waals surface area contributed by atoms with Gasteiger partial charge in [0.25, 0.3) is 0 Å². The van der Waals surface area contributed by atoms with Crippen LogP contribution in [0.3, 0.4) is 0 Å². The fourth-order valence-electron chi connectivity index (χ4n) is 1.72. The quantitative estimate of drug-likeness (QED) is 0.774. The molecule has 15 heavy (non-hydrogen) atoms. The van der Waals surface area contributed by atoms with Crippen LogP contribution in [0.25, 0.3) is 0 Å². The molecule has 1 aromatic rings. The Morgan fingerprint density at radius 1 is 1.33 bits per heavy atom. The predicted molar refractivity (Wildman–Crippen MR) is 62.3 cm³/mol. The van der Waals surface area contributed by atoms with Crippen molar-refractivity contribution in [1.29, 1.82) is 0 Å². The summed E-state index contributed by atoms with van der Waals surface area (Å²) < 4.78 is 0. The van der Waals surface area contributed by atoms with Crippen molar-refractivity contribution >= 4 is 0 Å². The summed E-state index contributed by atoms with van der Waals surface area (Å²) in [7, 11) is 0. The standard InChI is InChI=1S/C11H22N4/c1-8(2)15(9(3)4)7-11-13-6-10(5-12)14-11/h6,8-9H,5,7,12H2,1-4H3,(H,13,14). The Kier molecular flexibility index (Phi) is 4.29. The lowest BCUT2D eigenvalue weighted by atomic mass is 10.2. The smallest absolute Gasteiger partial charge is 0.120 e. The van der Waals surface area contributed by atoms with Crippen LogP contribution in [0.4, 0.5) is 0 Å². The minimum absolute atomic E-state index is 0.524.